The zero-order chi connectivity index (χ0) is 8.91. The highest BCUT2D eigenvalue weighted by atomic mass is 32.2. The Balaban J connectivity index is 5.00. The van der Waals surface area contributed by atoms with E-state index in [9.17, 15) is 8.42 Å². The van der Waals surface area contributed by atoms with Gasteiger partial charge in [0, 0.05) is 0 Å². The Morgan fingerprint density at radius 2 is 2.27 bits per heavy atom. The van der Waals surface area contributed by atoms with Gasteiger partial charge in [0.05, 0.1) is 5.75 Å². The maximum absolute atomic E-state index is 11.0. The molecular formula is C7H9NO2S. The number of rotatable bonds is 3. The Bertz CT molecular complexity index is 306. The molecule has 0 heterocycles. The van der Waals surface area contributed by atoms with Crippen LogP contribution in [0.5, 0.6) is 0 Å². The summed E-state index contributed by atoms with van der Waals surface area (Å²) in [4.78, 5) is -0.227. The monoisotopic (exact) mass is 171 g/mol. The van der Waals surface area contributed by atoms with Crippen molar-refractivity contribution in [3.8, 4) is 6.07 Å². The van der Waals surface area contributed by atoms with Gasteiger partial charge in [0.1, 0.15) is 11.0 Å². The molecule has 0 saturated carbocycles. The van der Waals surface area contributed by atoms with Crippen molar-refractivity contribution in [2.24, 2.45) is 0 Å². The Hall–Kier alpha value is -1.08. The summed E-state index contributed by atoms with van der Waals surface area (Å²) < 4.78 is 22.0. The lowest BCUT2D eigenvalue weighted by atomic mass is 10.5. The Morgan fingerprint density at radius 3 is 2.55 bits per heavy atom. The largest absolute Gasteiger partial charge is 0.223 e. The van der Waals surface area contributed by atoms with E-state index in [1.54, 1.807) is 6.07 Å². The lowest BCUT2D eigenvalue weighted by Gasteiger charge is -1.94. The van der Waals surface area contributed by atoms with Gasteiger partial charge in [-0.05, 0) is 6.08 Å². The third-order valence-electron chi connectivity index (χ3n) is 1.09. The van der Waals surface area contributed by atoms with E-state index in [1.165, 1.54) is 19.1 Å². The second-order valence-corrected chi connectivity index (χ2v) is 4.03. The van der Waals surface area contributed by atoms with Gasteiger partial charge in [-0.2, -0.15) is 5.26 Å². The number of nitrogens with zero attached hydrogens (tertiary/aromatic N) is 1. The highest BCUT2D eigenvalue weighted by Crippen LogP contribution is 2.05. The summed E-state index contributed by atoms with van der Waals surface area (Å²) in [6.45, 7) is 4.79. The Labute approximate surface area is 66.6 Å². The smallest absolute Gasteiger partial charge is 0.188 e. The minimum absolute atomic E-state index is 0.0553. The summed E-state index contributed by atoms with van der Waals surface area (Å²) in [5, 5.41) is 8.38. The van der Waals surface area contributed by atoms with Crippen LogP contribution in [-0.4, -0.2) is 14.2 Å². The van der Waals surface area contributed by atoms with Gasteiger partial charge in [0.2, 0.25) is 0 Å². The molecule has 0 aromatic heterocycles. The molecule has 0 aliphatic rings. The fraction of sp³-hybridized carbons (Fsp3) is 0.286. The Kier molecular flexibility index (Phi) is 3.55. The molecule has 0 aliphatic heterocycles. The van der Waals surface area contributed by atoms with Gasteiger partial charge in [-0.25, -0.2) is 8.42 Å². The fourth-order valence-corrected chi connectivity index (χ4v) is 1.23. The van der Waals surface area contributed by atoms with Crippen LogP contribution in [0.3, 0.4) is 0 Å². The molecule has 3 nitrogen and oxygen atoms in total. The summed E-state index contributed by atoms with van der Waals surface area (Å²) in [6, 6.07) is 1.60. The molecule has 0 unspecified atom stereocenters. The van der Waals surface area contributed by atoms with Gasteiger partial charge >= 0.3 is 0 Å². The normalized spacial score (nSPS) is 12.2. The summed E-state index contributed by atoms with van der Waals surface area (Å²) in [5.74, 6) is -0.0553. The van der Waals surface area contributed by atoms with Crippen molar-refractivity contribution in [3.05, 3.63) is 23.6 Å². The van der Waals surface area contributed by atoms with Crippen LogP contribution in [0.25, 0.3) is 0 Å². The Morgan fingerprint density at radius 1 is 1.73 bits per heavy atom. The first-order valence-corrected chi connectivity index (χ1v) is 4.69. The molecule has 0 aromatic rings. The highest BCUT2D eigenvalue weighted by Gasteiger charge is 2.12. The van der Waals surface area contributed by atoms with Gasteiger partial charge in [-0.15, -0.1) is 0 Å². The summed E-state index contributed by atoms with van der Waals surface area (Å²) in [7, 11) is -3.34. The topological polar surface area (TPSA) is 57.9 Å². The van der Waals surface area contributed by atoms with Crippen molar-refractivity contribution in [3.63, 3.8) is 0 Å². The molecular weight excluding hydrogens is 162 g/mol. The standard InChI is InChI=1S/C7H9NO2S/c1-3-5-7(6-8)11(9,10)4-2/h3,5H,1,4H2,2H3/b7-5-. The van der Waals surface area contributed by atoms with Gasteiger partial charge in [0.25, 0.3) is 0 Å². The summed E-state index contributed by atoms with van der Waals surface area (Å²) >= 11 is 0. The van der Waals surface area contributed by atoms with E-state index in [-0.39, 0.29) is 10.7 Å². The molecule has 0 N–H and O–H groups in total. The fourth-order valence-electron chi connectivity index (χ4n) is 0.473. The molecule has 0 radical (unpaired) electrons. The molecule has 60 valence electrons. The minimum Gasteiger partial charge on any atom is -0.223 e. The number of allylic oxidation sites excluding steroid dienone is 3. The maximum Gasteiger partial charge on any atom is 0.188 e. The van der Waals surface area contributed by atoms with Gasteiger partial charge in [-0.1, -0.05) is 19.6 Å². The third kappa shape index (κ3) is 2.56. The van der Waals surface area contributed by atoms with E-state index in [0.717, 1.165) is 0 Å². The number of hydrogen-bond acceptors (Lipinski definition) is 3. The van der Waals surface area contributed by atoms with Crippen molar-refractivity contribution >= 4 is 9.84 Å². The van der Waals surface area contributed by atoms with Crippen LogP contribution in [0.2, 0.25) is 0 Å². The average Bonchev–Trinajstić information content (AvgIpc) is 2.00. The van der Waals surface area contributed by atoms with E-state index in [0.29, 0.717) is 0 Å². The first-order chi connectivity index (χ1) is 5.08. The van der Waals surface area contributed by atoms with Crippen LogP contribution in [0.15, 0.2) is 23.6 Å². The van der Waals surface area contributed by atoms with E-state index in [1.807, 2.05) is 0 Å². The van der Waals surface area contributed by atoms with E-state index in [4.69, 9.17) is 5.26 Å². The lowest BCUT2D eigenvalue weighted by molar-refractivity contribution is 0.604. The van der Waals surface area contributed by atoms with Crippen LogP contribution >= 0.6 is 0 Å². The highest BCUT2D eigenvalue weighted by molar-refractivity contribution is 7.95. The van der Waals surface area contributed by atoms with Gasteiger partial charge in [0.15, 0.2) is 9.84 Å². The number of nitriles is 1. The van der Waals surface area contributed by atoms with Gasteiger partial charge in [-0.3, -0.25) is 0 Å². The molecule has 0 saturated heterocycles. The molecule has 0 bridgehead atoms. The molecule has 0 aromatic carbocycles. The SMILES string of the molecule is C=C/C=C(/C#N)S(=O)(=O)CC. The van der Waals surface area contributed by atoms with Crippen LogP contribution in [0.1, 0.15) is 6.92 Å². The molecule has 4 heteroatoms. The number of hydrogen-bond donors (Lipinski definition) is 0. The second kappa shape index (κ2) is 3.94. The van der Waals surface area contributed by atoms with Crippen molar-refractivity contribution in [1.82, 2.24) is 0 Å². The van der Waals surface area contributed by atoms with Crippen molar-refractivity contribution in [2.75, 3.05) is 5.75 Å². The first kappa shape index (κ1) is 9.92. The molecule has 0 spiro atoms. The van der Waals surface area contributed by atoms with E-state index in [2.05, 4.69) is 6.58 Å². The molecule has 0 aliphatic carbocycles. The van der Waals surface area contributed by atoms with Crippen LogP contribution in [0.4, 0.5) is 0 Å². The third-order valence-corrected chi connectivity index (χ3v) is 2.75. The summed E-state index contributed by atoms with van der Waals surface area (Å²) in [6.07, 6.45) is 2.48. The predicted molar refractivity (Wildman–Crippen MR) is 43.4 cm³/mol. The number of sulfone groups is 1. The van der Waals surface area contributed by atoms with Gasteiger partial charge < -0.3 is 0 Å². The molecule has 0 amide bonds. The molecule has 0 fully saturated rings. The predicted octanol–water partition coefficient (Wildman–Crippen LogP) is 1.01. The van der Waals surface area contributed by atoms with Crippen LogP contribution < -0.4 is 0 Å². The van der Waals surface area contributed by atoms with E-state index < -0.39 is 9.84 Å². The summed E-state index contributed by atoms with van der Waals surface area (Å²) in [5.41, 5.74) is 0. The molecule has 0 rings (SSSR count). The minimum atomic E-state index is -3.34. The first-order valence-electron chi connectivity index (χ1n) is 3.04. The maximum atomic E-state index is 11.0. The van der Waals surface area contributed by atoms with Crippen molar-refractivity contribution < 1.29 is 8.42 Å². The lowest BCUT2D eigenvalue weighted by Crippen LogP contribution is -2.04. The van der Waals surface area contributed by atoms with E-state index >= 15 is 0 Å². The van der Waals surface area contributed by atoms with Crippen LogP contribution in [-0.2, 0) is 9.84 Å². The molecule has 0 atom stereocenters. The molecule has 11 heavy (non-hydrogen) atoms. The van der Waals surface area contributed by atoms with Crippen molar-refractivity contribution in [1.29, 1.82) is 5.26 Å². The second-order valence-electron chi connectivity index (χ2n) is 1.78. The van der Waals surface area contributed by atoms with Crippen molar-refractivity contribution in [2.45, 2.75) is 6.92 Å². The zero-order valence-electron chi connectivity index (χ0n) is 6.24. The zero-order valence-corrected chi connectivity index (χ0v) is 7.06. The van der Waals surface area contributed by atoms with Crippen LogP contribution in [0, 0.1) is 11.3 Å². The average molecular weight is 171 g/mol. The quantitative estimate of drug-likeness (QED) is 0.470.